The first-order valence-electron chi connectivity index (χ1n) is 4.19. The van der Waals surface area contributed by atoms with Crippen LogP contribution in [0.5, 0.6) is 0 Å². The van der Waals surface area contributed by atoms with Gasteiger partial charge in [-0.05, 0) is 18.3 Å². The third-order valence-corrected chi connectivity index (χ3v) is 2.55. The fourth-order valence-electron chi connectivity index (χ4n) is 1.33. The Labute approximate surface area is 75.1 Å². The third kappa shape index (κ3) is 1.30. The Morgan fingerprint density at radius 2 is 2.00 bits per heavy atom. The van der Waals surface area contributed by atoms with Gasteiger partial charge < -0.3 is 0 Å². The van der Waals surface area contributed by atoms with Crippen LogP contribution >= 0.6 is 0 Å². The van der Waals surface area contributed by atoms with Crippen molar-refractivity contribution < 1.29 is 14.4 Å². The van der Waals surface area contributed by atoms with Gasteiger partial charge in [0, 0.05) is 6.54 Å². The van der Waals surface area contributed by atoms with Crippen LogP contribution in [0.4, 0.5) is 4.79 Å². The molecule has 4 amide bonds. The molecule has 1 aliphatic heterocycles. The van der Waals surface area contributed by atoms with Crippen molar-refractivity contribution in [1.82, 2.24) is 10.2 Å². The Hall–Kier alpha value is -1.39. The number of urea groups is 1. The average Bonchev–Trinajstić information content (AvgIpc) is 2.73. The lowest BCUT2D eigenvalue weighted by Gasteiger charge is -2.15. The molecular weight excluding hydrogens is 172 g/mol. The fraction of sp³-hybridized carbons (Fsp3) is 0.625. The molecule has 0 bridgehead atoms. The predicted octanol–water partition coefficient (Wildman–Crippen LogP) is -0.135. The largest absolute Gasteiger partial charge is 0.331 e. The SMILES string of the molecule is CC1(CN2C(=O)NC(=O)C2=O)CC1. The van der Waals surface area contributed by atoms with Crippen LogP contribution in [0.1, 0.15) is 19.8 Å². The molecule has 2 fully saturated rings. The minimum Gasteiger partial charge on any atom is -0.269 e. The van der Waals surface area contributed by atoms with Crippen molar-refractivity contribution in [3.8, 4) is 0 Å². The van der Waals surface area contributed by atoms with Crippen LogP contribution in [0.15, 0.2) is 0 Å². The normalized spacial score (nSPS) is 25.0. The molecule has 5 heteroatoms. The maximum Gasteiger partial charge on any atom is 0.331 e. The average molecular weight is 182 g/mol. The zero-order chi connectivity index (χ0) is 9.64. The number of nitrogens with zero attached hydrogens (tertiary/aromatic N) is 1. The number of imide groups is 2. The van der Waals surface area contributed by atoms with E-state index in [4.69, 9.17) is 0 Å². The van der Waals surface area contributed by atoms with E-state index in [0.717, 1.165) is 17.7 Å². The Morgan fingerprint density at radius 1 is 1.38 bits per heavy atom. The first kappa shape index (κ1) is 8.22. The summed E-state index contributed by atoms with van der Waals surface area (Å²) in [6, 6.07) is -0.580. The summed E-state index contributed by atoms with van der Waals surface area (Å²) < 4.78 is 0. The van der Waals surface area contributed by atoms with Crippen LogP contribution in [0.3, 0.4) is 0 Å². The van der Waals surface area contributed by atoms with Gasteiger partial charge in [0.1, 0.15) is 0 Å². The molecule has 1 saturated heterocycles. The molecule has 0 aromatic rings. The Balaban J connectivity index is 2.10. The molecule has 0 radical (unpaired) electrons. The van der Waals surface area contributed by atoms with Gasteiger partial charge in [-0.25, -0.2) is 4.79 Å². The zero-order valence-corrected chi connectivity index (χ0v) is 7.29. The van der Waals surface area contributed by atoms with E-state index in [0.29, 0.717) is 6.54 Å². The molecule has 13 heavy (non-hydrogen) atoms. The highest BCUT2D eigenvalue weighted by molar-refractivity contribution is 6.44. The van der Waals surface area contributed by atoms with Gasteiger partial charge in [0.25, 0.3) is 0 Å². The first-order valence-corrected chi connectivity index (χ1v) is 4.19. The van der Waals surface area contributed by atoms with E-state index < -0.39 is 17.8 Å². The van der Waals surface area contributed by atoms with E-state index in [2.05, 4.69) is 0 Å². The first-order chi connectivity index (χ1) is 6.02. The van der Waals surface area contributed by atoms with Gasteiger partial charge in [0.2, 0.25) is 0 Å². The van der Waals surface area contributed by atoms with E-state index >= 15 is 0 Å². The maximum atomic E-state index is 11.1. The lowest BCUT2D eigenvalue weighted by Crippen LogP contribution is -2.35. The summed E-state index contributed by atoms with van der Waals surface area (Å²) in [5.74, 6) is -1.53. The molecule has 2 rings (SSSR count). The quantitative estimate of drug-likeness (QED) is 0.477. The number of hydrogen-bond acceptors (Lipinski definition) is 3. The Kier molecular flexibility index (Phi) is 1.46. The molecule has 70 valence electrons. The number of rotatable bonds is 2. The molecule has 5 nitrogen and oxygen atoms in total. The topological polar surface area (TPSA) is 66.5 Å². The Bertz CT molecular complexity index is 307. The lowest BCUT2D eigenvalue weighted by molar-refractivity contribution is -0.140. The smallest absolute Gasteiger partial charge is 0.269 e. The molecule has 0 unspecified atom stereocenters. The third-order valence-electron chi connectivity index (χ3n) is 2.55. The summed E-state index contributed by atoms with van der Waals surface area (Å²) in [5.41, 5.74) is 0.0532. The van der Waals surface area contributed by atoms with Crippen LogP contribution in [-0.4, -0.2) is 29.3 Å². The van der Waals surface area contributed by atoms with E-state index in [1.54, 1.807) is 0 Å². The number of carbonyl (C=O) groups excluding carboxylic acids is 3. The summed E-state index contributed by atoms with van der Waals surface area (Å²) in [6.45, 7) is 2.36. The summed E-state index contributed by atoms with van der Waals surface area (Å²) in [4.78, 5) is 34.0. The van der Waals surface area contributed by atoms with Gasteiger partial charge >= 0.3 is 17.8 Å². The second kappa shape index (κ2) is 2.31. The summed E-state index contributed by atoms with van der Waals surface area (Å²) in [5, 5.41) is 1.97. The summed E-state index contributed by atoms with van der Waals surface area (Å²) >= 11 is 0. The molecule has 1 aliphatic carbocycles. The molecule has 0 spiro atoms. The van der Waals surface area contributed by atoms with Gasteiger partial charge in [0.05, 0.1) is 0 Å². The second-order valence-electron chi connectivity index (χ2n) is 3.96. The predicted molar refractivity (Wildman–Crippen MR) is 42.6 cm³/mol. The van der Waals surface area contributed by atoms with Crippen LogP contribution in [0.25, 0.3) is 0 Å². The van der Waals surface area contributed by atoms with Crippen molar-refractivity contribution in [3.05, 3.63) is 0 Å². The fourth-order valence-corrected chi connectivity index (χ4v) is 1.33. The van der Waals surface area contributed by atoms with E-state index in [-0.39, 0.29) is 5.41 Å². The van der Waals surface area contributed by atoms with Gasteiger partial charge in [-0.15, -0.1) is 0 Å². The van der Waals surface area contributed by atoms with Crippen molar-refractivity contribution in [2.24, 2.45) is 5.41 Å². The highest BCUT2D eigenvalue weighted by Crippen LogP contribution is 2.45. The number of nitrogens with one attached hydrogen (secondary N) is 1. The number of hydrogen-bond donors (Lipinski definition) is 1. The van der Waals surface area contributed by atoms with Crippen molar-refractivity contribution in [3.63, 3.8) is 0 Å². The van der Waals surface area contributed by atoms with Crippen molar-refractivity contribution >= 4 is 17.8 Å². The highest BCUT2D eigenvalue weighted by Gasteiger charge is 2.45. The van der Waals surface area contributed by atoms with Crippen molar-refractivity contribution in [2.75, 3.05) is 6.54 Å². The van der Waals surface area contributed by atoms with Crippen LogP contribution in [0, 0.1) is 5.41 Å². The van der Waals surface area contributed by atoms with Gasteiger partial charge in [-0.1, -0.05) is 6.92 Å². The van der Waals surface area contributed by atoms with Crippen molar-refractivity contribution in [2.45, 2.75) is 19.8 Å². The molecule has 0 atom stereocenters. The Morgan fingerprint density at radius 3 is 2.38 bits per heavy atom. The van der Waals surface area contributed by atoms with Gasteiger partial charge in [0.15, 0.2) is 0 Å². The number of carbonyl (C=O) groups is 3. The minimum atomic E-state index is -0.811. The molecular formula is C8H10N2O3. The molecule has 0 aromatic heterocycles. The summed E-state index contributed by atoms with van der Waals surface area (Å²) in [6.07, 6.45) is 2.02. The van der Waals surface area contributed by atoms with Crippen LogP contribution in [0.2, 0.25) is 0 Å². The lowest BCUT2D eigenvalue weighted by atomic mass is 10.1. The highest BCUT2D eigenvalue weighted by atomic mass is 16.2. The second-order valence-corrected chi connectivity index (χ2v) is 3.96. The molecule has 1 heterocycles. The molecule has 1 N–H and O–H groups in total. The maximum absolute atomic E-state index is 11.1. The van der Waals surface area contributed by atoms with E-state index in [1.807, 2.05) is 12.2 Å². The molecule has 2 aliphatic rings. The van der Waals surface area contributed by atoms with Crippen LogP contribution < -0.4 is 5.32 Å². The molecule has 0 aromatic carbocycles. The van der Waals surface area contributed by atoms with E-state index in [1.165, 1.54) is 0 Å². The zero-order valence-electron chi connectivity index (χ0n) is 7.29. The van der Waals surface area contributed by atoms with E-state index in [9.17, 15) is 14.4 Å². The molecule has 1 saturated carbocycles. The summed E-state index contributed by atoms with van der Waals surface area (Å²) in [7, 11) is 0. The standard InChI is InChI=1S/C8H10N2O3/c1-8(2-3-8)4-10-6(12)5(11)9-7(10)13/h2-4H2,1H3,(H,9,11,13). The monoisotopic (exact) mass is 182 g/mol. The van der Waals surface area contributed by atoms with Crippen LogP contribution in [-0.2, 0) is 9.59 Å². The van der Waals surface area contributed by atoms with Gasteiger partial charge in [-0.2, -0.15) is 0 Å². The number of amides is 4. The van der Waals surface area contributed by atoms with Gasteiger partial charge in [-0.3, -0.25) is 19.8 Å². The van der Waals surface area contributed by atoms with Crippen molar-refractivity contribution in [1.29, 1.82) is 0 Å². The minimum absolute atomic E-state index is 0.0532.